The van der Waals surface area contributed by atoms with Crippen molar-refractivity contribution in [1.82, 2.24) is 9.47 Å². The first kappa shape index (κ1) is 17.2. The molecule has 0 aliphatic carbocycles. The molecule has 0 amide bonds. The van der Waals surface area contributed by atoms with E-state index in [0.717, 1.165) is 31.9 Å². The van der Waals surface area contributed by atoms with Gasteiger partial charge in [-0.3, -0.25) is 4.90 Å². The molecular formula is C23H28N2O. The normalized spacial score (nSPS) is 15.4. The van der Waals surface area contributed by atoms with E-state index in [1.165, 1.54) is 48.8 Å². The Balaban J connectivity index is 1.23. The quantitative estimate of drug-likeness (QED) is 0.553. The summed E-state index contributed by atoms with van der Waals surface area (Å²) in [4.78, 5) is 2.56. The number of hydrogen-bond donors (Lipinski definition) is 0. The van der Waals surface area contributed by atoms with Crippen LogP contribution >= 0.6 is 0 Å². The lowest BCUT2D eigenvalue weighted by atomic mass is 10.1. The van der Waals surface area contributed by atoms with E-state index in [4.69, 9.17) is 4.74 Å². The van der Waals surface area contributed by atoms with Gasteiger partial charge in [-0.05, 0) is 67.6 Å². The van der Waals surface area contributed by atoms with Crippen LogP contribution in [0.15, 0.2) is 60.8 Å². The average Bonchev–Trinajstić information content (AvgIpc) is 3.11. The molecule has 0 saturated carbocycles. The van der Waals surface area contributed by atoms with Gasteiger partial charge in [0.1, 0.15) is 5.75 Å². The summed E-state index contributed by atoms with van der Waals surface area (Å²) in [5.41, 5.74) is 2.69. The molecule has 1 aromatic heterocycles. The van der Waals surface area contributed by atoms with Crippen molar-refractivity contribution >= 4 is 10.9 Å². The van der Waals surface area contributed by atoms with Gasteiger partial charge < -0.3 is 9.30 Å². The van der Waals surface area contributed by atoms with Crippen molar-refractivity contribution in [3.05, 3.63) is 66.4 Å². The number of nitrogens with zero attached hydrogens (tertiary/aromatic N) is 2. The van der Waals surface area contributed by atoms with Crippen LogP contribution in [0.25, 0.3) is 10.9 Å². The van der Waals surface area contributed by atoms with E-state index in [0.29, 0.717) is 0 Å². The van der Waals surface area contributed by atoms with E-state index in [-0.39, 0.29) is 0 Å². The lowest BCUT2D eigenvalue weighted by Gasteiger charge is -2.26. The van der Waals surface area contributed by atoms with Gasteiger partial charge in [-0.15, -0.1) is 0 Å². The molecular weight excluding hydrogens is 320 g/mol. The van der Waals surface area contributed by atoms with Crippen molar-refractivity contribution in [2.24, 2.45) is 0 Å². The largest absolute Gasteiger partial charge is 0.494 e. The number of aryl methyl sites for hydroxylation is 1. The Morgan fingerprint density at radius 2 is 1.65 bits per heavy atom. The Morgan fingerprint density at radius 1 is 0.846 bits per heavy atom. The minimum absolute atomic E-state index is 0.748. The van der Waals surface area contributed by atoms with Crippen molar-refractivity contribution in [2.75, 3.05) is 19.7 Å². The smallest absolute Gasteiger partial charge is 0.119 e. The molecule has 26 heavy (non-hydrogen) atoms. The number of fused-ring (bicyclic) bond motifs is 1. The van der Waals surface area contributed by atoms with E-state index in [1.54, 1.807) is 0 Å². The Kier molecular flexibility index (Phi) is 5.56. The van der Waals surface area contributed by atoms with Crippen LogP contribution < -0.4 is 4.74 Å². The molecule has 3 nitrogen and oxygen atoms in total. The second-order valence-corrected chi connectivity index (χ2v) is 7.25. The molecule has 136 valence electrons. The van der Waals surface area contributed by atoms with Gasteiger partial charge in [0.15, 0.2) is 0 Å². The Bertz CT molecular complexity index is 816. The van der Waals surface area contributed by atoms with Crippen LogP contribution in [0.1, 0.15) is 31.2 Å². The maximum absolute atomic E-state index is 5.93. The SMILES string of the molecule is c1ccc2c(c1)ccn2CCCOc1ccc(CN2CCCCC2)cc1. The number of ether oxygens (including phenoxy) is 1. The first-order chi connectivity index (χ1) is 12.9. The monoisotopic (exact) mass is 348 g/mol. The molecule has 0 unspecified atom stereocenters. The Morgan fingerprint density at radius 3 is 2.50 bits per heavy atom. The summed E-state index contributed by atoms with van der Waals surface area (Å²) in [7, 11) is 0. The standard InChI is InChI=1S/C23H28N2O/c1-4-14-24(15-5-1)19-20-9-11-22(12-10-20)26-18-6-16-25-17-13-21-7-2-3-8-23(21)25/h2-3,7-13,17H,1,4-6,14-16,18-19H2. The molecule has 1 aliphatic rings. The summed E-state index contributed by atoms with van der Waals surface area (Å²) >= 11 is 0. The fraction of sp³-hybridized carbons (Fsp3) is 0.391. The Hall–Kier alpha value is -2.26. The third kappa shape index (κ3) is 4.28. The first-order valence-electron chi connectivity index (χ1n) is 9.86. The zero-order chi connectivity index (χ0) is 17.6. The van der Waals surface area contributed by atoms with E-state index in [2.05, 4.69) is 70.3 Å². The van der Waals surface area contributed by atoms with Crippen LogP contribution in [0.5, 0.6) is 5.75 Å². The van der Waals surface area contributed by atoms with Gasteiger partial charge in [0.2, 0.25) is 0 Å². The molecule has 0 atom stereocenters. The zero-order valence-electron chi connectivity index (χ0n) is 15.4. The summed E-state index contributed by atoms with van der Waals surface area (Å²) in [5.74, 6) is 0.977. The number of benzene rings is 2. The maximum atomic E-state index is 5.93. The molecule has 2 aromatic carbocycles. The highest BCUT2D eigenvalue weighted by atomic mass is 16.5. The number of piperidine rings is 1. The number of likely N-dealkylation sites (tertiary alicyclic amines) is 1. The predicted molar refractivity (Wildman–Crippen MR) is 108 cm³/mol. The molecule has 4 rings (SSSR count). The maximum Gasteiger partial charge on any atom is 0.119 e. The fourth-order valence-corrected chi connectivity index (χ4v) is 3.83. The second kappa shape index (κ2) is 8.41. The van der Waals surface area contributed by atoms with Crippen LogP contribution in [0.4, 0.5) is 0 Å². The van der Waals surface area contributed by atoms with Crippen molar-refractivity contribution in [3.8, 4) is 5.75 Å². The second-order valence-electron chi connectivity index (χ2n) is 7.25. The summed E-state index contributed by atoms with van der Waals surface area (Å²) < 4.78 is 8.24. The van der Waals surface area contributed by atoms with E-state index in [9.17, 15) is 0 Å². The van der Waals surface area contributed by atoms with Gasteiger partial charge in [0.25, 0.3) is 0 Å². The average molecular weight is 348 g/mol. The van der Waals surface area contributed by atoms with Crippen molar-refractivity contribution < 1.29 is 4.74 Å². The van der Waals surface area contributed by atoms with Crippen molar-refractivity contribution in [1.29, 1.82) is 0 Å². The molecule has 3 heteroatoms. The van der Waals surface area contributed by atoms with Crippen molar-refractivity contribution in [3.63, 3.8) is 0 Å². The highest BCUT2D eigenvalue weighted by molar-refractivity contribution is 5.79. The summed E-state index contributed by atoms with van der Waals surface area (Å²) in [6.45, 7) is 5.29. The molecule has 0 spiro atoms. The number of aromatic nitrogens is 1. The Labute approximate surface area is 156 Å². The first-order valence-corrected chi connectivity index (χ1v) is 9.86. The van der Waals surface area contributed by atoms with Gasteiger partial charge in [-0.25, -0.2) is 0 Å². The van der Waals surface area contributed by atoms with Gasteiger partial charge >= 0.3 is 0 Å². The minimum atomic E-state index is 0.748. The highest BCUT2D eigenvalue weighted by Gasteiger charge is 2.10. The van der Waals surface area contributed by atoms with Crippen LogP contribution in [0.3, 0.4) is 0 Å². The summed E-state index contributed by atoms with van der Waals surface area (Å²) in [5, 5.41) is 1.30. The molecule has 2 heterocycles. The number of rotatable bonds is 7. The minimum Gasteiger partial charge on any atom is -0.494 e. The molecule has 1 aliphatic heterocycles. The number of hydrogen-bond acceptors (Lipinski definition) is 2. The van der Waals surface area contributed by atoms with Crippen LogP contribution in [-0.4, -0.2) is 29.2 Å². The van der Waals surface area contributed by atoms with Crippen LogP contribution in [0.2, 0.25) is 0 Å². The number of para-hydroxylation sites is 1. The topological polar surface area (TPSA) is 17.4 Å². The summed E-state index contributed by atoms with van der Waals surface area (Å²) in [6, 6.07) is 19.4. The molecule has 0 radical (unpaired) electrons. The van der Waals surface area contributed by atoms with Gasteiger partial charge in [-0.1, -0.05) is 36.8 Å². The van der Waals surface area contributed by atoms with Gasteiger partial charge in [0.05, 0.1) is 6.61 Å². The molecule has 1 fully saturated rings. The third-order valence-electron chi connectivity index (χ3n) is 5.27. The molecule has 0 N–H and O–H groups in total. The summed E-state index contributed by atoms with van der Waals surface area (Å²) in [6.07, 6.45) is 7.26. The lowest BCUT2D eigenvalue weighted by Crippen LogP contribution is -2.28. The van der Waals surface area contributed by atoms with Crippen LogP contribution in [0, 0.1) is 0 Å². The predicted octanol–water partition coefficient (Wildman–Crippen LogP) is 5.10. The molecule has 0 bridgehead atoms. The van der Waals surface area contributed by atoms with Crippen molar-refractivity contribution in [2.45, 2.75) is 38.8 Å². The van der Waals surface area contributed by atoms with Gasteiger partial charge in [0, 0.05) is 24.8 Å². The molecule has 1 saturated heterocycles. The fourth-order valence-electron chi connectivity index (χ4n) is 3.83. The third-order valence-corrected chi connectivity index (χ3v) is 5.27. The lowest BCUT2D eigenvalue weighted by molar-refractivity contribution is 0.221. The zero-order valence-corrected chi connectivity index (χ0v) is 15.4. The molecule has 3 aromatic rings. The van der Waals surface area contributed by atoms with Gasteiger partial charge in [-0.2, -0.15) is 0 Å². The van der Waals surface area contributed by atoms with E-state index >= 15 is 0 Å². The highest BCUT2D eigenvalue weighted by Crippen LogP contribution is 2.18. The van der Waals surface area contributed by atoms with Crippen LogP contribution in [-0.2, 0) is 13.1 Å². The van der Waals surface area contributed by atoms with E-state index < -0.39 is 0 Å². The van der Waals surface area contributed by atoms with E-state index in [1.807, 2.05) is 0 Å².